The second kappa shape index (κ2) is 5.29. The zero-order valence-electron chi connectivity index (χ0n) is 11.7. The summed E-state index contributed by atoms with van der Waals surface area (Å²) in [7, 11) is -3.07. The van der Waals surface area contributed by atoms with Crippen LogP contribution in [0.15, 0.2) is 6.07 Å². The van der Waals surface area contributed by atoms with Crippen LogP contribution in [0.5, 0.6) is 0 Å². The summed E-state index contributed by atoms with van der Waals surface area (Å²) in [6.07, 6.45) is 3.28. The Hall–Kier alpha value is -1.21. The fourth-order valence-electron chi connectivity index (χ4n) is 2.85. The van der Waals surface area contributed by atoms with Crippen LogP contribution in [0, 0.1) is 0 Å². The summed E-state index contributed by atoms with van der Waals surface area (Å²) in [5.74, 6) is 1.06. The van der Waals surface area contributed by atoms with Crippen molar-refractivity contribution < 1.29 is 8.42 Å². The molecule has 2 heterocycles. The maximum atomic E-state index is 11.8. The van der Waals surface area contributed by atoms with Crippen LogP contribution in [0.1, 0.15) is 24.6 Å². The number of rotatable bonds is 3. The molecule has 1 aromatic heterocycles. The van der Waals surface area contributed by atoms with Crippen molar-refractivity contribution in [2.24, 2.45) is 0 Å². The number of anilines is 1. The normalized spacial score (nSPS) is 20.1. The Labute approximate surface area is 119 Å². The molecule has 0 atom stereocenters. The smallest absolute Gasteiger partial charge is 0.213 e. The van der Waals surface area contributed by atoms with E-state index in [1.54, 1.807) is 11.2 Å². The quantitative estimate of drug-likeness (QED) is 0.809. The summed E-state index contributed by atoms with van der Waals surface area (Å²) >= 11 is 0. The van der Waals surface area contributed by atoms with Gasteiger partial charge in [-0.3, -0.25) is 0 Å². The molecule has 0 amide bonds. The molecule has 0 N–H and O–H groups in total. The Balaban J connectivity index is 1.69. The van der Waals surface area contributed by atoms with E-state index in [0.717, 1.165) is 30.8 Å². The highest BCUT2D eigenvalue weighted by Crippen LogP contribution is 2.23. The number of hydrogen-bond donors (Lipinski definition) is 0. The van der Waals surface area contributed by atoms with Gasteiger partial charge in [-0.2, -0.15) is 9.40 Å². The number of hydrogen-bond acceptors (Lipinski definition) is 5. The second-order valence-electron chi connectivity index (χ2n) is 5.31. The van der Waals surface area contributed by atoms with E-state index >= 15 is 0 Å². The van der Waals surface area contributed by atoms with Gasteiger partial charge in [-0.25, -0.2) is 8.42 Å². The average Bonchev–Trinajstić information content (AvgIpc) is 2.94. The highest BCUT2D eigenvalue weighted by Gasteiger charge is 2.26. The van der Waals surface area contributed by atoms with Gasteiger partial charge in [0.25, 0.3) is 0 Å². The van der Waals surface area contributed by atoms with E-state index in [2.05, 4.69) is 21.2 Å². The molecule has 0 unspecified atom stereocenters. The lowest BCUT2D eigenvalue weighted by atomic mass is 10.2. The van der Waals surface area contributed by atoms with Crippen LogP contribution in [-0.4, -0.2) is 54.9 Å². The number of aryl methyl sites for hydroxylation is 2. The molecule has 110 valence electrons. The number of nitrogens with zero attached hydrogens (tertiary/aromatic N) is 4. The van der Waals surface area contributed by atoms with E-state index in [4.69, 9.17) is 0 Å². The van der Waals surface area contributed by atoms with E-state index in [-0.39, 0.29) is 5.75 Å². The highest BCUT2D eigenvalue weighted by molar-refractivity contribution is 7.89. The van der Waals surface area contributed by atoms with Gasteiger partial charge >= 0.3 is 0 Å². The van der Waals surface area contributed by atoms with Gasteiger partial charge < -0.3 is 4.90 Å². The summed E-state index contributed by atoms with van der Waals surface area (Å²) in [6.45, 7) is 4.14. The Morgan fingerprint density at radius 1 is 1.15 bits per heavy atom. The van der Waals surface area contributed by atoms with Gasteiger partial charge in [0.15, 0.2) is 5.82 Å². The van der Waals surface area contributed by atoms with Gasteiger partial charge in [-0.05, 0) is 37.8 Å². The lowest BCUT2D eigenvalue weighted by Gasteiger charge is -2.34. The largest absolute Gasteiger partial charge is 0.352 e. The fraction of sp³-hybridized carbons (Fsp3) is 0.692. The molecule has 0 radical (unpaired) electrons. The SMILES string of the molecule is CCS(=O)(=O)N1CCN(c2cc3c(nn2)CCC3)CC1. The molecule has 6 nitrogen and oxygen atoms in total. The highest BCUT2D eigenvalue weighted by atomic mass is 32.2. The topological polar surface area (TPSA) is 66.4 Å². The Bertz CT molecular complexity index is 594. The molecular formula is C13H20N4O2S. The molecule has 0 spiro atoms. The lowest BCUT2D eigenvalue weighted by molar-refractivity contribution is 0.384. The van der Waals surface area contributed by atoms with Crippen molar-refractivity contribution in [2.45, 2.75) is 26.2 Å². The third-order valence-electron chi connectivity index (χ3n) is 4.13. The second-order valence-corrected chi connectivity index (χ2v) is 7.57. The lowest BCUT2D eigenvalue weighted by Crippen LogP contribution is -2.49. The van der Waals surface area contributed by atoms with Crippen LogP contribution in [-0.2, 0) is 22.9 Å². The minimum atomic E-state index is -3.07. The van der Waals surface area contributed by atoms with Gasteiger partial charge in [0.05, 0.1) is 11.4 Å². The molecule has 1 aliphatic heterocycles. The standard InChI is InChI=1S/C13H20N4O2S/c1-2-20(18,19)17-8-6-16(7-9-17)13-10-11-4-3-5-12(11)14-15-13/h10H,2-9H2,1H3. The van der Waals surface area contributed by atoms with Crippen molar-refractivity contribution in [3.63, 3.8) is 0 Å². The van der Waals surface area contributed by atoms with Gasteiger partial charge in [0.1, 0.15) is 0 Å². The summed E-state index contributed by atoms with van der Waals surface area (Å²) < 4.78 is 25.2. The maximum absolute atomic E-state index is 11.8. The first-order valence-corrected chi connectivity index (χ1v) is 8.79. The number of aromatic nitrogens is 2. The number of sulfonamides is 1. The molecular weight excluding hydrogens is 276 g/mol. The Kier molecular flexibility index (Phi) is 3.64. The van der Waals surface area contributed by atoms with Gasteiger partial charge in [0, 0.05) is 26.2 Å². The van der Waals surface area contributed by atoms with Crippen molar-refractivity contribution in [1.82, 2.24) is 14.5 Å². The molecule has 20 heavy (non-hydrogen) atoms. The molecule has 3 rings (SSSR count). The Morgan fingerprint density at radius 3 is 2.60 bits per heavy atom. The average molecular weight is 296 g/mol. The summed E-state index contributed by atoms with van der Waals surface area (Å²) in [4.78, 5) is 2.13. The number of piperazine rings is 1. The van der Waals surface area contributed by atoms with E-state index in [0.29, 0.717) is 26.2 Å². The molecule has 1 saturated heterocycles. The van der Waals surface area contributed by atoms with Gasteiger partial charge in [0.2, 0.25) is 10.0 Å². The fourth-order valence-corrected chi connectivity index (χ4v) is 3.93. The van der Waals surface area contributed by atoms with Crippen LogP contribution < -0.4 is 4.90 Å². The zero-order chi connectivity index (χ0) is 14.2. The molecule has 2 aliphatic rings. The molecule has 1 fully saturated rings. The minimum absolute atomic E-state index is 0.172. The molecule has 1 aromatic rings. The minimum Gasteiger partial charge on any atom is -0.352 e. The molecule has 7 heteroatoms. The van der Waals surface area contributed by atoms with Crippen LogP contribution in [0.4, 0.5) is 5.82 Å². The molecule has 0 bridgehead atoms. The molecule has 1 aliphatic carbocycles. The van der Waals surface area contributed by atoms with Crippen LogP contribution >= 0.6 is 0 Å². The van der Waals surface area contributed by atoms with Crippen molar-refractivity contribution in [2.75, 3.05) is 36.8 Å². The van der Waals surface area contributed by atoms with Crippen LogP contribution in [0.2, 0.25) is 0 Å². The molecule has 0 aromatic carbocycles. The van der Waals surface area contributed by atoms with Crippen molar-refractivity contribution in [3.8, 4) is 0 Å². The third-order valence-corrected chi connectivity index (χ3v) is 6.01. The van der Waals surface area contributed by atoms with E-state index in [1.165, 1.54) is 5.56 Å². The predicted molar refractivity (Wildman–Crippen MR) is 77.3 cm³/mol. The van der Waals surface area contributed by atoms with Gasteiger partial charge in [-0.1, -0.05) is 0 Å². The zero-order valence-corrected chi connectivity index (χ0v) is 12.6. The van der Waals surface area contributed by atoms with E-state index < -0.39 is 10.0 Å². The summed E-state index contributed by atoms with van der Waals surface area (Å²) in [5, 5.41) is 8.58. The van der Waals surface area contributed by atoms with Crippen molar-refractivity contribution >= 4 is 15.8 Å². The summed E-state index contributed by atoms with van der Waals surface area (Å²) in [6, 6.07) is 2.12. The Morgan fingerprint density at radius 2 is 1.90 bits per heavy atom. The van der Waals surface area contributed by atoms with Crippen molar-refractivity contribution in [1.29, 1.82) is 0 Å². The maximum Gasteiger partial charge on any atom is 0.213 e. The number of fused-ring (bicyclic) bond motifs is 1. The third kappa shape index (κ3) is 2.52. The van der Waals surface area contributed by atoms with Crippen LogP contribution in [0.25, 0.3) is 0 Å². The first-order valence-electron chi connectivity index (χ1n) is 7.18. The van der Waals surface area contributed by atoms with E-state index in [9.17, 15) is 8.42 Å². The van der Waals surface area contributed by atoms with Crippen molar-refractivity contribution in [3.05, 3.63) is 17.3 Å². The van der Waals surface area contributed by atoms with E-state index in [1.807, 2.05) is 0 Å². The molecule has 0 saturated carbocycles. The first-order chi connectivity index (χ1) is 9.60. The first kappa shape index (κ1) is 13.8. The van der Waals surface area contributed by atoms with Gasteiger partial charge in [-0.15, -0.1) is 5.10 Å². The van der Waals surface area contributed by atoms with Crippen LogP contribution in [0.3, 0.4) is 0 Å². The predicted octanol–water partition coefficient (Wildman–Crippen LogP) is 0.437. The summed E-state index contributed by atoms with van der Waals surface area (Å²) in [5.41, 5.74) is 2.43. The monoisotopic (exact) mass is 296 g/mol.